The largest absolute Gasteiger partial charge is 0.332 e. The average Bonchev–Trinajstić information content (AvgIpc) is 2.89. The maximum Gasteiger partial charge on any atom is 0.259 e. The SMILES string of the molecule is CC(F)(F)C1(C)C[C@@H]2CCC(c3cccc(F)c3)N2C1=O. The number of carbonyl (C=O) groups is 1. The van der Waals surface area contributed by atoms with Gasteiger partial charge in [-0.25, -0.2) is 13.2 Å². The number of amides is 1. The molecule has 0 aliphatic carbocycles. The molecule has 3 rings (SSSR count). The monoisotopic (exact) mass is 297 g/mol. The van der Waals surface area contributed by atoms with Gasteiger partial charge in [0, 0.05) is 13.0 Å². The molecule has 0 aromatic heterocycles. The Kier molecular flexibility index (Phi) is 3.08. The molecule has 2 aliphatic heterocycles. The topological polar surface area (TPSA) is 20.3 Å². The molecule has 0 radical (unpaired) electrons. The van der Waals surface area contributed by atoms with Crippen LogP contribution in [0.15, 0.2) is 24.3 Å². The number of hydrogen-bond acceptors (Lipinski definition) is 1. The number of fused-ring (bicyclic) bond motifs is 1. The van der Waals surface area contributed by atoms with Crippen LogP contribution in [0.5, 0.6) is 0 Å². The maximum absolute atomic E-state index is 13.9. The van der Waals surface area contributed by atoms with E-state index in [0.29, 0.717) is 18.4 Å². The Morgan fingerprint density at radius 1 is 1.33 bits per heavy atom. The van der Waals surface area contributed by atoms with Crippen molar-refractivity contribution in [1.29, 1.82) is 0 Å². The number of alkyl halides is 2. The number of halogens is 3. The van der Waals surface area contributed by atoms with Crippen LogP contribution in [0.2, 0.25) is 0 Å². The minimum Gasteiger partial charge on any atom is -0.332 e. The summed E-state index contributed by atoms with van der Waals surface area (Å²) in [5.41, 5.74) is -0.960. The van der Waals surface area contributed by atoms with E-state index in [-0.39, 0.29) is 24.3 Å². The van der Waals surface area contributed by atoms with E-state index in [2.05, 4.69) is 0 Å². The van der Waals surface area contributed by atoms with E-state index in [0.717, 1.165) is 6.92 Å². The second-order valence-corrected chi connectivity index (χ2v) is 6.44. The summed E-state index contributed by atoms with van der Waals surface area (Å²) >= 11 is 0. The van der Waals surface area contributed by atoms with E-state index in [4.69, 9.17) is 0 Å². The highest BCUT2D eigenvalue weighted by Gasteiger charge is 2.62. The first-order valence-corrected chi connectivity index (χ1v) is 7.20. The Bertz CT molecular complexity index is 583. The molecule has 0 saturated carbocycles. The normalized spacial score (nSPS) is 32.6. The number of hydrogen-bond donors (Lipinski definition) is 0. The van der Waals surface area contributed by atoms with E-state index in [1.165, 1.54) is 19.1 Å². The first-order valence-electron chi connectivity index (χ1n) is 7.20. The van der Waals surface area contributed by atoms with Crippen molar-refractivity contribution >= 4 is 5.91 Å². The summed E-state index contributed by atoms with van der Waals surface area (Å²) in [6.07, 6.45) is 1.56. The minimum absolute atomic E-state index is 0.165. The molecule has 21 heavy (non-hydrogen) atoms. The van der Waals surface area contributed by atoms with Crippen molar-refractivity contribution in [3.8, 4) is 0 Å². The Labute approximate surface area is 121 Å². The summed E-state index contributed by atoms with van der Waals surface area (Å²) in [6.45, 7) is 2.15. The van der Waals surface area contributed by atoms with E-state index >= 15 is 0 Å². The van der Waals surface area contributed by atoms with Crippen molar-refractivity contribution < 1.29 is 18.0 Å². The molecule has 2 saturated heterocycles. The highest BCUT2D eigenvalue weighted by molar-refractivity contribution is 5.87. The van der Waals surface area contributed by atoms with Gasteiger partial charge in [0.25, 0.3) is 5.92 Å². The van der Waals surface area contributed by atoms with Gasteiger partial charge in [0.2, 0.25) is 5.91 Å². The standard InChI is InChI=1S/C16H18F3NO/c1-15(16(2,18)19)9-12-6-7-13(20(12)14(15)21)10-4-3-5-11(17)8-10/h3-5,8,12-13H,6-7,9H2,1-2H3/t12-,13?,15?/m0/s1. The second kappa shape index (κ2) is 4.49. The first-order chi connectivity index (χ1) is 9.74. The molecule has 2 aliphatic rings. The predicted molar refractivity (Wildman–Crippen MR) is 72.4 cm³/mol. The van der Waals surface area contributed by atoms with Crippen LogP contribution in [0.1, 0.15) is 44.7 Å². The van der Waals surface area contributed by atoms with Crippen molar-refractivity contribution in [1.82, 2.24) is 4.90 Å². The van der Waals surface area contributed by atoms with E-state index in [1.807, 2.05) is 0 Å². The van der Waals surface area contributed by atoms with E-state index in [1.54, 1.807) is 17.0 Å². The predicted octanol–water partition coefficient (Wildman–Crippen LogP) is 3.92. The molecule has 1 aromatic carbocycles. The first kappa shape index (κ1) is 14.4. The van der Waals surface area contributed by atoms with Crippen LogP contribution in [-0.2, 0) is 4.79 Å². The number of benzene rings is 1. The van der Waals surface area contributed by atoms with Gasteiger partial charge in [-0.2, -0.15) is 0 Å². The van der Waals surface area contributed by atoms with Gasteiger partial charge in [0.1, 0.15) is 11.2 Å². The smallest absolute Gasteiger partial charge is 0.259 e. The summed E-state index contributed by atoms with van der Waals surface area (Å²) in [7, 11) is 0. The average molecular weight is 297 g/mol. The molecule has 2 fully saturated rings. The van der Waals surface area contributed by atoms with Gasteiger partial charge in [-0.3, -0.25) is 4.79 Å². The Morgan fingerprint density at radius 3 is 2.67 bits per heavy atom. The zero-order valence-electron chi connectivity index (χ0n) is 12.1. The highest BCUT2D eigenvalue weighted by Crippen LogP contribution is 2.54. The molecule has 5 heteroatoms. The van der Waals surface area contributed by atoms with Crippen LogP contribution < -0.4 is 0 Å². The Hall–Kier alpha value is -1.52. The zero-order chi connectivity index (χ0) is 15.4. The van der Waals surface area contributed by atoms with Crippen molar-refractivity contribution in [3.05, 3.63) is 35.6 Å². The fourth-order valence-electron chi connectivity index (χ4n) is 3.64. The molecule has 2 unspecified atom stereocenters. The number of rotatable bonds is 2. The Balaban J connectivity index is 1.95. The molecule has 0 N–H and O–H groups in total. The lowest BCUT2D eigenvalue weighted by atomic mass is 9.80. The van der Waals surface area contributed by atoms with Crippen LogP contribution in [0.3, 0.4) is 0 Å². The van der Waals surface area contributed by atoms with Gasteiger partial charge >= 0.3 is 0 Å². The van der Waals surface area contributed by atoms with Gasteiger partial charge in [-0.15, -0.1) is 0 Å². The molecule has 1 aromatic rings. The third-order valence-electron chi connectivity index (χ3n) is 5.06. The van der Waals surface area contributed by atoms with E-state index < -0.39 is 17.2 Å². The van der Waals surface area contributed by atoms with Crippen molar-refractivity contribution in [2.75, 3.05) is 0 Å². The van der Waals surface area contributed by atoms with Crippen molar-refractivity contribution in [2.24, 2.45) is 5.41 Å². The molecule has 3 atom stereocenters. The quantitative estimate of drug-likeness (QED) is 0.810. The van der Waals surface area contributed by atoms with Gasteiger partial charge in [0.05, 0.1) is 6.04 Å². The van der Waals surface area contributed by atoms with E-state index in [9.17, 15) is 18.0 Å². The fraction of sp³-hybridized carbons (Fsp3) is 0.562. The van der Waals surface area contributed by atoms with Crippen molar-refractivity contribution in [2.45, 2.75) is 51.1 Å². The summed E-state index contributed by atoms with van der Waals surface area (Å²) in [5.74, 6) is -3.93. The fourth-order valence-corrected chi connectivity index (χ4v) is 3.64. The third kappa shape index (κ3) is 2.05. The molecular weight excluding hydrogens is 279 g/mol. The molecule has 1 amide bonds. The van der Waals surface area contributed by atoms with Crippen LogP contribution in [0.4, 0.5) is 13.2 Å². The number of nitrogens with zero attached hydrogens (tertiary/aromatic N) is 1. The highest BCUT2D eigenvalue weighted by atomic mass is 19.3. The molecule has 0 spiro atoms. The summed E-state index contributed by atoms with van der Waals surface area (Å²) in [6, 6.07) is 5.62. The summed E-state index contributed by atoms with van der Waals surface area (Å²) in [4.78, 5) is 14.1. The van der Waals surface area contributed by atoms with Crippen LogP contribution in [0, 0.1) is 11.2 Å². The van der Waals surface area contributed by atoms with Gasteiger partial charge in [-0.05, 0) is 43.9 Å². The minimum atomic E-state index is -3.05. The lowest BCUT2D eigenvalue weighted by Crippen LogP contribution is -2.44. The zero-order valence-corrected chi connectivity index (χ0v) is 12.1. The molecule has 114 valence electrons. The second-order valence-electron chi connectivity index (χ2n) is 6.44. The maximum atomic E-state index is 13.9. The van der Waals surface area contributed by atoms with Crippen LogP contribution in [0.25, 0.3) is 0 Å². The van der Waals surface area contributed by atoms with Crippen LogP contribution in [-0.4, -0.2) is 22.8 Å². The van der Waals surface area contributed by atoms with Gasteiger partial charge in [-0.1, -0.05) is 12.1 Å². The molecule has 2 heterocycles. The Morgan fingerprint density at radius 2 is 2.05 bits per heavy atom. The third-order valence-corrected chi connectivity index (χ3v) is 5.06. The molecular formula is C16H18F3NO. The summed E-state index contributed by atoms with van der Waals surface area (Å²) < 4.78 is 41.1. The van der Waals surface area contributed by atoms with Gasteiger partial charge < -0.3 is 4.90 Å². The van der Waals surface area contributed by atoms with Gasteiger partial charge in [0.15, 0.2) is 0 Å². The summed E-state index contributed by atoms with van der Waals surface area (Å²) in [5, 5.41) is 0. The van der Waals surface area contributed by atoms with Crippen molar-refractivity contribution in [3.63, 3.8) is 0 Å². The lowest BCUT2D eigenvalue weighted by Gasteiger charge is -2.31. The number of carbonyl (C=O) groups excluding carboxylic acids is 1. The lowest BCUT2D eigenvalue weighted by molar-refractivity contribution is -0.156. The molecule has 0 bridgehead atoms. The molecule has 2 nitrogen and oxygen atoms in total. The van der Waals surface area contributed by atoms with Crippen LogP contribution >= 0.6 is 0 Å².